The smallest absolute Gasteiger partial charge is 0.333 e. The fourth-order valence-corrected chi connectivity index (χ4v) is 2.78. The second kappa shape index (κ2) is 11.2. The van der Waals surface area contributed by atoms with Crippen LogP contribution >= 0.6 is 0 Å². The summed E-state index contributed by atoms with van der Waals surface area (Å²) in [7, 11) is 0. The maximum absolute atomic E-state index is 13.3. The standard InChI is InChI=1S/C23H26F2N2O4/c1-14(2)13-31-23(30)21(17-7-5-4-6-8-17)27-22(29)15(3)26-20(28)11-16-9-18(24)12-19(25)10-16/h4-10,12,14-15,21H,11,13H2,1-3H3,(H,26,28)(H,27,29)/t15-,21-/m0/s1. The molecule has 0 heterocycles. The average Bonchev–Trinajstić information content (AvgIpc) is 2.69. The Balaban J connectivity index is 2.02. The minimum atomic E-state index is -1.04. The normalized spacial score (nSPS) is 12.7. The molecule has 0 aromatic heterocycles. The van der Waals surface area contributed by atoms with E-state index in [2.05, 4.69) is 10.6 Å². The summed E-state index contributed by atoms with van der Waals surface area (Å²) in [5.41, 5.74) is 0.681. The second-order valence-electron chi connectivity index (χ2n) is 7.62. The number of nitrogens with one attached hydrogen (secondary N) is 2. The molecule has 0 fully saturated rings. The number of hydrogen-bond acceptors (Lipinski definition) is 4. The van der Waals surface area contributed by atoms with Gasteiger partial charge in [-0.05, 0) is 36.1 Å². The van der Waals surface area contributed by atoms with Gasteiger partial charge in [-0.2, -0.15) is 0 Å². The van der Waals surface area contributed by atoms with Gasteiger partial charge in [0.2, 0.25) is 11.8 Å². The van der Waals surface area contributed by atoms with Crippen LogP contribution in [-0.4, -0.2) is 30.4 Å². The van der Waals surface area contributed by atoms with Gasteiger partial charge in [-0.15, -0.1) is 0 Å². The molecule has 2 aromatic rings. The Hall–Kier alpha value is -3.29. The quantitative estimate of drug-likeness (QED) is 0.597. The average molecular weight is 432 g/mol. The van der Waals surface area contributed by atoms with Crippen LogP contribution in [0.5, 0.6) is 0 Å². The minimum Gasteiger partial charge on any atom is -0.464 e. The number of carbonyl (C=O) groups is 3. The van der Waals surface area contributed by atoms with Crippen molar-refractivity contribution in [2.75, 3.05) is 6.61 Å². The number of amides is 2. The number of carbonyl (C=O) groups excluding carboxylic acids is 3. The van der Waals surface area contributed by atoms with E-state index in [-0.39, 0.29) is 24.5 Å². The fourth-order valence-electron chi connectivity index (χ4n) is 2.78. The predicted molar refractivity (Wildman–Crippen MR) is 111 cm³/mol. The fraction of sp³-hybridized carbons (Fsp3) is 0.348. The van der Waals surface area contributed by atoms with Crippen molar-refractivity contribution in [2.24, 2.45) is 5.92 Å². The van der Waals surface area contributed by atoms with Crippen LogP contribution in [0.1, 0.15) is 37.9 Å². The molecule has 2 N–H and O–H groups in total. The summed E-state index contributed by atoms with van der Waals surface area (Å²) < 4.78 is 31.8. The van der Waals surface area contributed by atoms with E-state index in [1.165, 1.54) is 6.92 Å². The molecule has 2 aromatic carbocycles. The van der Waals surface area contributed by atoms with Gasteiger partial charge >= 0.3 is 5.97 Å². The SMILES string of the molecule is CC(C)COC(=O)[C@@H](NC(=O)[C@H](C)NC(=O)Cc1cc(F)cc(F)c1)c1ccccc1. The van der Waals surface area contributed by atoms with Crippen molar-refractivity contribution in [3.05, 3.63) is 71.3 Å². The second-order valence-corrected chi connectivity index (χ2v) is 7.62. The monoisotopic (exact) mass is 432 g/mol. The maximum atomic E-state index is 13.3. The van der Waals surface area contributed by atoms with Gasteiger partial charge in [0, 0.05) is 6.07 Å². The van der Waals surface area contributed by atoms with Crippen LogP contribution in [0.4, 0.5) is 8.78 Å². The van der Waals surface area contributed by atoms with E-state index in [9.17, 15) is 23.2 Å². The molecular weight excluding hydrogens is 406 g/mol. The molecule has 0 unspecified atom stereocenters. The molecular formula is C23H26F2N2O4. The third-order valence-corrected chi connectivity index (χ3v) is 4.27. The molecule has 2 amide bonds. The highest BCUT2D eigenvalue weighted by atomic mass is 19.1. The minimum absolute atomic E-state index is 0.127. The molecule has 0 radical (unpaired) electrons. The highest BCUT2D eigenvalue weighted by Crippen LogP contribution is 2.15. The molecule has 166 valence electrons. The molecule has 0 saturated carbocycles. The number of hydrogen-bond donors (Lipinski definition) is 2. The predicted octanol–water partition coefficient (Wildman–Crippen LogP) is 3.07. The molecule has 6 nitrogen and oxygen atoms in total. The zero-order chi connectivity index (χ0) is 23.0. The van der Waals surface area contributed by atoms with Crippen molar-refractivity contribution in [1.82, 2.24) is 10.6 Å². The van der Waals surface area contributed by atoms with Gasteiger partial charge < -0.3 is 15.4 Å². The van der Waals surface area contributed by atoms with Gasteiger partial charge in [-0.1, -0.05) is 44.2 Å². The maximum Gasteiger partial charge on any atom is 0.333 e. The van der Waals surface area contributed by atoms with E-state index in [4.69, 9.17) is 4.74 Å². The Labute approximate surface area is 180 Å². The van der Waals surface area contributed by atoms with Crippen molar-refractivity contribution < 1.29 is 27.9 Å². The third-order valence-electron chi connectivity index (χ3n) is 4.27. The molecule has 0 spiro atoms. The van der Waals surface area contributed by atoms with E-state index in [0.717, 1.165) is 12.1 Å². The van der Waals surface area contributed by atoms with Crippen molar-refractivity contribution >= 4 is 17.8 Å². The highest BCUT2D eigenvalue weighted by Gasteiger charge is 2.27. The van der Waals surface area contributed by atoms with E-state index in [1.54, 1.807) is 30.3 Å². The topological polar surface area (TPSA) is 84.5 Å². The van der Waals surface area contributed by atoms with Crippen molar-refractivity contribution in [3.63, 3.8) is 0 Å². The van der Waals surface area contributed by atoms with Gasteiger partial charge in [0.05, 0.1) is 13.0 Å². The van der Waals surface area contributed by atoms with E-state index >= 15 is 0 Å². The lowest BCUT2D eigenvalue weighted by atomic mass is 10.1. The van der Waals surface area contributed by atoms with Crippen LogP contribution < -0.4 is 10.6 Å². The summed E-state index contributed by atoms with van der Waals surface area (Å²) in [4.78, 5) is 37.3. The lowest BCUT2D eigenvalue weighted by Crippen LogP contribution is -2.47. The zero-order valence-corrected chi connectivity index (χ0v) is 17.7. The highest BCUT2D eigenvalue weighted by molar-refractivity contribution is 5.91. The molecule has 0 aliphatic rings. The Morgan fingerprint density at radius 2 is 1.55 bits per heavy atom. The van der Waals surface area contributed by atoms with Crippen LogP contribution in [-0.2, 0) is 25.5 Å². The van der Waals surface area contributed by atoms with Crippen molar-refractivity contribution in [3.8, 4) is 0 Å². The first-order valence-electron chi connectivity index (χ1n) is 9.92. The van der Waals surface area contributed by atoms with Gasteiger partial charge in [-0.25, -0.2) is 13.6 Å². The Kier molecular flexibility index (Phi) is 8.66. The third kappa shape index (κ3) is 7.81. The largest absolute Gasteiger partial charge is 0.464 e. The number of halogens is 2. The van der Waals surface area contributed by atoms with Crippen LogP contribution in [0.25, 0.3) is 0 Å². The molecule has 0 saturated heterocycles. The summed E-state index contributed by atoms with van der Waals surface area (Å²) in [6.07, 6.45) is -0.301. The molecule has 2 atom stereocenters. The zero-order valence-electron chi connectivity index (χ0n) is 17.7. The number of benzene rings is 2. The molecule has 0 bridgehead atoms. The number of rotatable bonds is 9. The van der Waals surface area contributed by atoms with E-state index in [0.29, 0.717) is 11.6 Å². The molecule has 8 heteroatoms. The summed E-state index contributed by atoms with van der Waals surface area (Å²) in [5, 5.41) is 5.06. The first-order valence-corrected chi connectivity index (χ1v) is 9.92. The van der Waals surface area contributed by atoms with Crippen LogP contribution in [0.2, 0.25) is 0 Å². The first kappa shape index (κ1) is 24.0. The Morgan fingerprint density at radius 1 is 0.935 bits per heavy atom. The molecule has 2 rings (SSSR count). The Bertz CT molecular complexity index is 899. The lowest BCUT2D eigenvalue weighted by Gasteiger charge is -2.21. The van der Waals surface area contributed by atoms with E-state index in [1.807, 2.05) is 13.8 Å². The van der Waals surface area contributed by atoms with Gasteiger partial charge in [0.1, 0.15) is 17.7 Å². The Morgan fingerprint density at radius 3 is 2.13 bits per heavy atom. The first-order chi connectivity index (χ1) is 14.7. The van der Waals surface area contributed by atoms with E-state index < -0.39 is 41.5 Å². The van der Waals surface area contributed by atoms with Crippen LogP contribution in [0.15, 0.2) is 48.5 Å². The summed E-state index contributed by atoms with van der Waals surface area (Å²) in [5.74, 6) is -3.26. The number of ether oxygens (including phenoxy) is 1. The number of esters is 1. The summed E-state index contributed by atoms with van der Waals surface area (Å²) in [6.45, 7) is 5.44. The summed E-state index contributed by atoms with van der Waals surface area (Å²) >= 11 is 0. The molecule has 31 heavy (non-hydrogen) atoms. The molecule has 0 aliphatic heterocycles. The van der Waals surface area contributed by atoms with Crippen LogP contribution in [0, 0.1) is 17.6 Å². The molecule has 0 aliphatic carbocycles. The van der Waals surface area contributed by atoms with Gasteiger partial charge in [0.15, 0.2) is 6.04 Å². The van der Waals surface area contributed by atoms with Gasteiger partial charge in [0.25, 0.3) is 0 Å². The van der Waals surface area contributed by atoms with Gasteiger partial charge in [-0.3, -0.25) is 9.59 Å². The van der Waals surface area contributed by atoms with Crippen molar-refractivity contribution in [2.45, 2.75) is 39.3 Å². The lowest BCUT2D eigenvalue weighted by molar-refractivity contribution is -0.149. The summed E-state index contributed by atoms with van der Waals surface area (Å²) in [6, 6.07) is 9.37. The van der Waals surface area contributed by atoms with Crippen molar-refractivity contribution in [1.29, 1.82) is 0 Å². The van der Waals surface area contributed by atoms with Crippen LogP contribution in [0.3, 0.4) is 0 Å².